The maximum Gasteiger partial charge on any atom is 0.0929 e. The van der Waals surface area contributed by atoms with Crippen LogP contribution in [0, 0.1) is 0 Å². The van der Waals surface area contributed by atoms with Crippen LogP contribution in [0.15, 0.2) is 0 Å². The summed E-state index contributed by atoms with van der Waals surface area (Å²) in [6.07, 6.45) is 2.67. The maximum absolute atomic E-state index is 9.73. The lowest BCUT2D eigenvalue weighted by Crippen LogP contribution is -2.51. The molecule has 0 heterocycles. The molecule has 1 aliphatic carbocycles. The van der Waals surface area contributed by atoms with Crippen molar-refractivity contribution in [3.63, 3.8) is 0 Å². The van der Waals surface area contributed by atoms with E-state index in [2.05, 4.69) is 6.92 Å². The Morgan fingerprint density at radius 3 is 2.67 bits per heavy atom. The lowest BCUT2D eigenvalue weighted by atomic mass is 9.78. The first-order valence-corrected chi connectivity index (χ1v) is 4.53. The molecule has 1 N–H and O–H groups in total. The van der Waals surface area contributed by atoms with E-state index in [-0.39, 0.29) is 6.10 Å². The molecule has 0 aromatic heterocycles. The molecule has 0 bridgehead atoms. The van der Waals surface area contributed by atoms with E-state index in [1.165, 1.54) is 0 Å². The van der Waals surface area contributed by atoms with Crippen LogP contribution in [0.2, 0.25) is 0 Å². The zero-order valence-corrected chi connectivity index (χ0v) is 7.88. The summed E-state index contributed by atoms with van der Waals surface area (Å²) in [7, 11) is 1.68. The van der Waals surface area contributed by atoms with Crippen molar-refractivity contribution in [3.8, 4) is 0 Å². The molecular weight excluding hydrogens is 156 g/mol. The molecule has 0 radical (unpaired) electrons. The van der Waals surface area contributed by atoms with Gasteiger partial charge in [0, 0.05) is 26.6 Å². The molecule has 0 aromatic rings. The summed E-state index contributed by atoms with van der Waals surface area (Å²) < 4.78 is 10.3. The Balaban J connectivity index is 2.08. The van der Waals surface area contributed by atoms with Crippen LogP contribution in [0.25, 0.3) is 0 Å². The molecule has 3 nitrogen and oxygen atoms in total. The molecule has 0 saturated heterocycles. The highest BCUT2D eigenvalue weighted by atomic mass is 16.5. The summed E-state index contributed by atoms with van der Waals surface area (Å²) in [5.41, 5.74) is -0.601. The molecule has 0 aromatic carbocycles. The molecular formula is C9H18O3. The summed E-state index contributed by atoms with van der Waals surface area (Å²) in [5.74, 6) is 0. The molecule has 0 atom stereocenters. The largest absolute Gasteiger partial charge is 0.387 e. The lowest BCUT2D eigenvalue weighted by molar-refractivity contribution is -0.159. The zero-order valence-electron chi connectivity index (χ0n) is 7.88. The minimum Gasteiger partial charge on any atom is -0.387 e. The standard InChI is InChI=1S/C9H18O3/c1-3-4-12-7-9(10)5-8(6-9)11-2/h8,10H,3-7H2,1-2H3. The maximum atomic E-state index is 9.73. The molecule has 0 amide bonds. The number of hydrogen-bond acceptors (Lipinski definition) is 3. The van der Waals surface area contributed by atoms with Gasteiger partial charge in [-0.1, -0.05) is 6.92 Å². The van der Waals surface area contributed by atoms with E-state index < -0.39 is 5.60 Å². The van der Waals surface area contributed by atoms with Gasteiger partial charge in [0.1, 0.15) is 0 Å². The Kier molecular flexibility index (Phi) is 3.50. The van der Waals surface area contributed by atoms with Crippen molar-refractivity contribution in [3.05, 3.63) is 0 Å². The second kappa shape index (κ2) is 4.21. The van der Waals surface area contributed by atoms with Gasteiger partial charge in [0.2, 0.25) is 0 Å². The van der Waals surface area contributed by atoms with Crippen molar-refractivity contribution in [2.45, 2.75) is 37.9 Å². The van der Waals surface area contributed by atoms with Crippen molar-refractivity contribution in [2.75, 3.05) is 20.3 Å². The van der Waals surface area contributed by atoms with E-state index >= 15 is 0 Å². The summed E-state index contributed by atoms with van der Waals surface area (Å²) >= 11 is 0. The third kappa shape index (κ3) is 2.44. The first-order chi connectivity index (χ1) is 5.70. The second-order valence-electron chi connectivity index (χ2n) is 3.54. The minimum atomic E-state index is -0.601. The Labute approximate surface area is 73.7 Å². The topological polar surface area (TPSA) is 38.7 Å². The van der Waals surface area contributed by atoms with Crippen LogP contribution >= 0.6 is 0 Å². The molecule has 0 aliphatic heterocycles. The van der Waals surface area contributed by atoms with Gasteiger partial charge in [0.15, 0.2) is 0 Å². The van der Waals surface area contributed by atoms with Crippen LogP contribution in [0.4, 0.5) is 0 Å². The van der Waals surface area contributed by atoms with Crippen molar-refractivity contribution in [1.82, 2.24) is 0 Å². The molecule has 1 rings (SSSR count). The van der Waals surface area contributed by atoms with Crippen LogP contribution in [-0.2, 0) is 9.47 Å². The molecule has 1 aliphatic rings. The highest BCUT2D eigenvalue weighted by Crippen LogP contribution is 2.34. The van der Waals surface area contributed by atoms with Crippen LogP contribution < -0.4 is 0 Å². The SMILES string of the molecule is CCCOCC1(O)CC(OC)C1. The highest BCUT2D eigenvalue weighted by molar-refractivity contribution is 4.94. The third-order valence-corrected chi connectivity index (χ3v) is 2.27. The summed E-state index contributed by atoms with van der Waals surface area (Å²) in [5, 5.41) is 9.73. The smallest absolute Gasteiger partial charge is 0.0929 e. The summed E-state index contributed by atoms with van der Waals surface area (Å²) in [4.78, 5) is 0. The van der Waals surface area contributed by atoms with E-state index in [0.717, 1.165) is 13.0 Å². The Morgan fingerprint density at radius 1 is 1.50 bits per heavy atom. The number of hydrogen-bond donors (Lipinski definition) is 1. The fourth-order valence-corrected chi connectivity index (χ4v) is 1.48. The molecule has 12 heavy (non-hydrogen) atoms. The highest BCUT2D eigenvalue weighted by Gasteiger charge is 2.42. The Hall–Kier alpha value is -0.120. The average molecular weight is 174 g/mol. The third-order valence-electron chi connectivity index (χ3n) is 2.27. The van der Waals surface area contributed by atoms with E-state index in [0.29, 0.717) is 19.4 Å². The zero-order chi connectivity index (χ0) is 9.03. The molecule has 1 saturated carbocycles. The fourth-order valence-electron chi connectivity index (χ4n) is 1.48. The molecule has 3 heteroatoms. The fraction of sp³-hybridized carbons (Fsp3) is 1.00. The van der Waals surface area contributed by atoms with Gasteiger partial charge >= 0.3 is 0 Å². The van der Waals surface area contributed by atoms with Crippen molar-refractivity contribution in [2.24, 2.45) is 0 Å². The molecule has 0 spiro atoms. The van der Waals surface area contributed by atoms with Gasteiger partial charge in [0.05, 0.1) is 18.3 Å². The predicted octanol–water partition coefficient (Wildman–Crippen LogP) is 0.953. The van der Waals surface area contributed by atoms with Gasteiger partial charge in [-0.25, -0.2) is 0 Å². The van der Waals surface area contributed by atoms with Crippen LogP contribution in [-0.4, -0.2) is 37.1 Å². The quantitative estimate of drug-likeness (QED) is 0.631. The van der Waals surface area contributed by atoms with Crippen molar-refractivity contribution < 1.29 is 14.6 Å². The Bertz CT molecular complexity index is 130. The second-order valence-corrected chi connectivity index (χ2v) is 3.54. The van der Waals surface area contributed by atoms with Gasteiger partial charge < -0.3 is 14.6 Å². The normalized spacial score (nSPS) is 34.8. The van der Waals surface area contributed by atoms with Gasteiger partial charge in [0.25, 0.3) is 0 Å². The van der Waals surface area contributed by atoms with E-state index in [1.807, 2.05) is 0 Å². The summed E-state index contributed by atoms with van der Waals surface area (Å²) in [6, 6.07) is 0. The van der Waals surface area contributed by atoms with Crippen LogP contribution in [0.5, 0.6) is 0 Å². The van der Waals surface area contributed by atoms with Crippen LogP contribution in [0.1, 0.15) is 26.2 Å². The van der Waals surface area contributed by atoms with Gasteiger partial charge in [-0.15, -0.1) is 0 Å². The number of rotatable bonds is 5. The lowest BCUT2D eigenvalue weighted by Gasteiger charge is -2.42. The molecule has 72 valence electrons. The summed E-state index contributed by atoms with van der Waals surface area (Å²) in [6.45, 7) is 3.25. The predicted molar refractivity (Wildman–Crippen MR) is 46.1 cm³/mol. The number of ether oxygens (including phenoxy) is 2. The number of methoxy groups -OCH3 is 1. The van der Waals surface area contributed by atoms with Gasteiger partial charge in [-0.05, 0) is 6.42 Å². The van der Waals surface area contributed by atoms with E-state index in [1.54, 1.807) is 7.11 Å². The van der Waals surface area contributed by atoms with E-state index in [4.69, 9.17) is 9.47 Å². The van der Waals surface area contributed by atoms with E-state index in [9.17, 15) is 5.11 Å². The van der Waals surface area contributed by atoms with Gasteiger partial charge in [-0.2, -0.15) is 0 Å². The monoisotopic (exact) mass is 174 g/mol. The molecule has 0 unspecified atom stereocenters. The van der Waals surface area contributed by atoms with Gasteiger partial charge in [-0.3, -0.25) is 0 Å². The van der Waals surface area contributed by atoms with Crippen molar-refractivity contribution in [1.29, 1.82) is 0 Å². The Morgan fingerprint density at radius 2 is 2.17 bits per heavy atom. The van der Waals surface area contributed by atoms with Crippen LogP contribution in [0.3, 0.4) is 0 Å². The first kappa shape index (κ1) is 9.96. The molecule has 1 fully saturated rings. The number of aliphatic hydroxyl groups is 1. The minimum absolute atomic E-state index is 0.236. The van der Waals surface area contributed by atoms with Crippen molar-refractivity contribution >= 4 is 0 Å². The average Bonchev–Trinajstić information content (AvgIpc) is 2.00. The first-order valence-electron chi connectivity index (χ1n) is 4.53.